The van der Waals surface area contributed by atoms with E-state index in [0.29, 0.717) is 16.2 Å². The third-order valence-electron chi connectivity index (χ3n) is 2.33. The quantitative estimate of drug-likeness (QED) is 0.867. The minimum absolute atomic E-state index is 0.197. The van der Waals surface area contributed by atoms with E-state index >= 15 is 0 Å². The molecule has 0 radical (unpaired) electrons. The Morgan fingerprint density at radius 3 is 2.80 bits per heavy atom. The van der Waals surface area contributed by atoms with Crippen LogP contribution >= 0.6 is 27.5 Å². The summed E-state index contributed by atoms with van der Waals surface area (Å²) in [6, 6.07) is 0. The Bertz CT molecular complexity index is 405. The highest BCUT2D eigenvalue weighted by molar-refractivity contribution is 9.10. The molecule has 0 atom stereocenters. The van der Waals surface area contributed by atoms with Gasteiger partial charge < -0.3 is 9.88 Å². The van der Waals surface area contributed by atoms with Gasteiger partial charge in [-0.3, -0.25) is 4.79 Å². The van der Waals surface area contributed by atoms with Crippen LogP contribution in [0.5, 0.6) is 0 Å². The lowest BCUT2D eigenvalue weighted by atomic mass is 10.1. The second-order valence-electron chi connectivity index (χ2n) is 3.87. The summed E-state index contributed by atoms with van der Waals surface area (Å²) in [5.74, 6) is 1.04. The van der Waals surface area contributed by atoms with Gasteiger partial charge in [0.1, 0.15) is 4.47 Å². The summed E-state index contributed by atoms with van der Waals surface area (Å²) in [6.07, 6.45) is 1.38. The summed E-state index contributed by atoms with van der Waals surface area (Å²) in [5, 5.41) is 0. The average Bonchev–Trinajstić information content (AvgIpc) is 2.21. The Kier molecular flexibility index (Phi) is 3.78. The maximum absolute atomic E-state index is 11.4. The number of rotatable bonds is 3. The van der Waals surface area contributed by atoms with E-state index in [1.165, 1.54) is 6.33 Å². The number of hydrogen-bond acceptors (Lipinski definition) is 3. The maximum Gasteiger partial charge on any atom is 0.267 e. The van der Waals surface area contributed by atoms with E-state index in [9.17, 15) is 4.79 Å². The summed E-state index contributed by atoms with van der Waals surface area (Å²) in [4.78, 5) is 19.8. The lowest BCUT2D eigenvalue weighted by Crippen LogP contribution is -2.44. The van der Waals surface area contributed by atoms with Crippen molar-refractivity contribution in [1.29, 1.82) is 0 Å². The van der Waals surface area contributed by atoms with Crippen molar-refractivity contribution in [2.24, 2.45) is 0 Å². The molecule has 0 amide bonds. The van der Waals surface area contributed by atoms with Crippen LogP contribution < -0.4 is 10.5 Å². The molecule has 1 N–H and O–H groups in total. The summed E-state index contributed by atoms with van der Waals surface area (Å²) in [7, 11) is 1.86. The highest BCUT2D eigenvalue weighted by atomic mass is 79.9. The zero-order chi connectivity index (χ0) is 11.6. The molecular weight excluding hydrogens is 281 g/mol. The Balaban J connectivity index is 3.17. The van der Waals surface area contributed by atoms with Gasteiger partial charge >= 0.3 is 0 Å². The molecule has 0 spiro atoms. The van der Waals surface area contributed by atoms with Crippen LogP contribution in [0.3, 0.4) is 0 Å². The van der Waals surface area contributed by atoms with Gasteiger partial charge in [0, 0.05) is 18.5 Å². The number of aromatic nitrogens is 2. The molecule has 6 heteroatoms. The zero-order valence-corrected chi connectivity index (χ0v) is 11.2. The number of aromatic amines is 1. The van der Waals surface area contributed by atoms with Crippen molar-refractivity contribution in [3.05, 3.63) is 21.2 Å². The zero-order valence-electron chi connectivity index (χ0n) is 8.84. The van der Waals surface area contributed by atoms with Gasteiger partial charge in [0.15, 0.2) is 5.82 Å². The Hall–Kier alpha value is -0.550. The van der Waals surface area contributed by atoms with Crippen molar-refractivity contribution in [2.45, 2.75) is 19.4 Å². The van der Waals surface area contributed by atoms with Crippen LogP contribution in [0.2, 0.25) is 0 Å². The van der Waals surface area contributed by atoms with E-state index in [4.69, 9.17) is 11.6 Å². The van der Waals surface area contributed by atoms with Crippen LogP contribution in [0.1, 0.15) is 13.8 Å². The summed E-state index contributed by atoms with van der Waals surface area (Å²) in [6.45, 7) is 3.96. The van der Waals surface area contributed by atoms with E-state index in [1.54, 1.807) is 0 Å². The molecule has 0 saturated heterocycles. The van der Waals surface area contributed by atoms with Crippen LogP contribution in [0, 0.1) is 0 Å². The topological polar surface area (TPSA) is 49.0 Å². The van der Waals surface area contributed by atoms with Gasteiger partial charge in [0.25, 0.3) is 5.56 Å². The third-order valence-corrected chi connectivity index (χ3v) is 3.70. The van der Waals surface area contributed by atoms with E-state index in [-0.39, 0.29) is 11.1 Å². The van der Waals surface area contributed by atoms with E-state index in [2.05, 4.69) is 25.9 Å². The normalized spacial score (nSPS) is 11.5. The monoisotopic (exact) mass is 293 g/mol. The minimum atomic E-state index is -0.259. The highest BCUT2D eigenvalue weighted by Crippen LogP contribution is 2.25. The molecule has 1 heterocycles. The SMILES string of the molecule is CN(c1nc[nH]c(=O)c1Br)C(C)(C)CCl. The number of H-pyrrole nitrogens is 1. The summed E-state index contributed by atoms with van der Waals surface area (Å²) in [5.41, 5.74) is -0.456. The molecule has 0 aliphatic heterocycles. The molecule has 0 aliphatic carbocycles. The highest BCUT2D eigenvalue weighted by Gasteiger charge is 2.25. The molecule has 1 aromatic heterocycles. The summed E-state index contributed by atoms with van der Waals surface area (Å²) >= 11 is 9.07. The van der Waals surface area contributed by atoms with Crippen LogP contribution in [0.15, 0.2) is 15.6 Å². The van der Waals surface area contributed by atoms with Crippen molar-refractivity contribution < 1.29 is 0 Å². The molecule has 4 nitrogen and oxygen atoms in total. The molecule has 0 fully saturated rings. The number of nitrogens with zero attached hydrogens (tertiary/aromatic N) is 2. The van der Waals surface area contributed by atoms with Crippen molar-refractivity contribution in [1.82, 2.24) is 9.97 Å². The fourth-order valence-corrected chi connectivity index (χ4v) is 1.65. The van der Waals surface area contributed by atoms with Crippen LogP contribution in [-0.2, 0) is 0 Å². The predicted molar refractivity (Wildman–Crippen MR) is 65.8 cm³/mol. The van der Waals surface area contributed by atoms with Gasteiger partial charge in [-0.2, -0.15) is 0 Å². The lowest BCUT2D eigenvalue weighted by molar-refractivity contribution is 0.538. The molecule has 84 valence electrons. The number of hydrogen-bond donors (Lipinski definition) is 1. The molecule has 0 aromatic carbocycles. The van der Waals surface area contributed by atoms with Gasteiger partial charge in [-0.05, 0) is 29.8 Å². The number of halogens is 2. The van der Waals surface area contributed by atoms with Crippen LogP contribution in [-0.4, -0.2) is 28.4 Å². The van der Waals surface area contributed by atoms with Crippen molar-refractivity contribution in [3.8, 4) is 0 Å². The van der Waals surface area contributed by atoms with Crippen molar-refractivity contribution >= 4 is 33.3 Å². The molecular formula is C9H13BrClN3O. The minimum Gasteiger partial charge on any atom is -0.352 e. The first kappa shape index (κ1) is 12.5. The third kappa shape index (κ3) is 2.52. The molecule has 0 unspecified atom stereocenters. The van der Waals surface area contributed by atoms with E-state index < -0.39 is 0 Å². The van der Waals surface area contributed by atoms with Crippen LogP contribution in [0.4, 0.5) is 5.82 Å². The fraction of sp³-hybridized carbons (Fsp3) is 0.556. The second-order valence-corrected chi connectivity index (χ2v) is 4.93. The van der Waals surface area contributed by atoms with E-state index in [0.717, 1.165) is 0 Å². The van der Waals surface area contributed by atoms with Gasteiger partial charge in [-0.25, -0.2) is 4.98 Å². The van der Waals surface area contributed by atoms with Gasteiger partial charge in [-0.1, -0.05) is 0 Å². The second kappa shape index (κ2) is 4.53. The first-order valence-electron chi connectivity index (χ1n) is 4.43. The maximum atomic E-state index is 11.4. The van der Waals surface area contributed by atoms with Gasteiger partial charge in [-0.15, -0.1) is 11.6 Å². The first-order chi connectivity index (χ1) is 6.90. The molecule has 0 bridgehead atoms. The Morgan fingerprint density at radius 1 is 1.67 bits per heavy atom. The Morgan fingerprint density at radius 2 is 2.27 bits per heavy atom. The van der Waals surface area contributed by atoms with Gasteiger partial charge in [0.2, 0.25) is 0 Å². The molecule has 0 saturated carbocycles. The largest absolute Gasteiger partial charge is 0.352 e. The van der Waals surface area contributed by atoms with Gasteiger partial charge in [0.05, 0.1) is 6.33 Å². The van der Waals surface area contributed by atoms with Crippen molar-refractivity contribution in [3.63, 3.8) is 0 Å². The number of nitrogens with one attached hydrogen (secondary N) is 1. The van der Waals surface area contributed by atoms with E-state index in [1.807, 2.05) is 25.8 Å². The Labute approximate surface area is 102 Å². The fourth-order valence-electron chi connectivity index (χ4n) is 0.984. The lowest BCUT2D eigenvalue weighted by Gasteiger charge is -2.35. The first-order valence-corrected chi connectivity index (χ1v) is 5.76. The average molecular weight is 295 g/mol. The number of anilines is 1. The molecule has 1 aromatic rings. The molecule has 15 heavy (non-hydrogen) atoms. The van der Waals surface area contributed by atoms with Crippen LogP contribution in [0.25, 0.3) is 0 Å². The van der Waals surface area contributed by atoms with Crippen molar-refractivity contribution in [2.75, 3.05) is 17.8 Å². The molecule has 1 rings (SSSR count). The smallest absolute Gasteiger partial charge is 0.267 e. The molecule has 0 aliphatic rings. The predicted octanol–water partition coefficient (Wildman–Crippen LogP) is 1.99. The standard InChI is InChI=1S/C9H13BrClN3O/c1-9(2,4-11)14(3)7-6(10)8(15)13-5-12-7/h5H,4H2,1-3H3,(H,12,13,15). The number of alkyl halides is 1. The summed E-state index contributed by atoms with van der Waals surface area (Å²) < 4.78 is 0.422.